The minimum absolute atomic E-state index is 0. The molecule has 0 saturated heterocycles. The normalized spacial score (nSPS) is 11.7. The zero-order valence-corrected chi connectivity index (χ0v) is 25.0. The first kappa shape index (κ1) is 31.3. The average molecular weight is 547 g/mol. The van der Waals surface area contributed by atoms with Crippen molar-refractivity contribution in [2.24, 2.45) is 0 Å². The molecule has 0 aliphatic heterocycles. The van der Waals surface area contributed by atoms with Gasteiger partial charge in [-0.2, -0.15) is 46.5 Å². The van der Waals surface area contributed by atoms with Gasteiger partial charge < -0.3 is 24.8 Å². The van der Waals surface area contributed by atoms with E-state index in [1.165, 1.54) is 50.1 Å². The summed E-state index contributed by atoms with van der Waals surface area (Å²) in [4.78, 5) is 0. The van der Waals surface area contributed by atoms with E-state index in [-0.39, 0.29) is 61.8 Å². The van der Waals surface area contributed by atoms with E-state index in [2.05, 4.69) is 111 Å². The van der Waals surface area contributed by atoms with Gasteiger partial charge >= 0.3 is 26.2 Å². The van der Waals surface area contributed by atoms with Gasteiger partial charge in [0.1, 0.15) is 0 Å². The summed E-state index contributed by atoms with van der Waals surface area (Å²) in [5, 5.41) is 0. The Hall–Kier alpha value is -0.747. The van der Waals surface area contributed by atoms with E-state index in [1.807, 2.05) is 0 Å². The Morgan fingerprint density at radius 3 is 1.81 bits per heavy atom. The number of hydrogen-bond donors (Lipinski definition) is 0. The Morgan fingerprint density at radius 1 is 0.781 bits per heavy atom. The minimum Gasteiger partial charge on any atom is -1.00 e. The number of rotatable bonds is 0. The summed E-state index contributed by atoms with van der Waals surface area (Å²) in [5.41, 5.74) is 12.9. The molecule has 0 saturated carbocycles. The van der Waals surface area contributed by atoms with Crippen molar-refractivity contribution in [1.29, 1.82) is 0 Å². The van der Waals surface area contributed by atoms with Gasteiger partial charge in [-0.3, -0.25) is 0 Å². The SMILES string of the molecule is CC(C)(C)c1[c-]c2c(cc1)-c1ccc(C(C)(C)C)cc1C2.Cc1cc(C)c(C)[cH-]1.[Cl-].[Cl-].[Zr+4]. The molecule has 0 fully saturated rings. The summed E-state index contributed by atoms with van der Waals surface area (Å²) in [6, 6.07) is 19.6. The van der Waals surface area contributed by atoms with Gasteiger partial charge in [0, 0.05) is 0 Å². The number of fused-ring (bicyclic) bond motifs is 3. The zero-order chi connectivity index (χ0) is 21.6. The standard InChI is InChI=1S/C21H25.C8H11.2ClH.Zr/c1-20(2,3)16-7-9-18-14(12-16)11-15-13-17(21(4,5)6)8-10-19(15)18;1-6-4-7(2)8(3)5-6;;;/h7-10,12H,11H2,1-6H3;4-5H,1-3H3;2*1H;/q2*-1;;;+4/p-2. The summed E-state index contributed by atoms with van der Waals surface area (Å²) in [7, 11) is 0. The maximum atomic E-state index is 3.67. The molecule has 0 spiro atoms. The van der Waals surface area contributed by atoms with Crippen molar-refractivity contribution in [3.8, 4) is 11.1 Å². The number of benzene rings is 2. The summed E-state index contributed by atoms with van der Waals surface area (Å²) in [5.74, 6) is 0. The van der Waals surface area contributed by atoms with Gasteiger partial charge in [-0.25, -0.2) is 6.07 Å². The predicted molar refractivity (Wildman–Crippen MR) is 127 cm³/mol. The molecule has 32 heavy (non-hydrogen) atoms. The Balaban J connectivity index is 0.000000752. The summed E-state index contributed by atoms with van der Waals surface area (Å²) < 4.78 is 0. The fourth-order valence-corrected chi connectivity index (χ4v) is 3.98. The van der Waals surface area contributed by atoms with Crippen LogP contribution in [-0.2, 0) is 43.5 Å². The third-order valence-electron chi connectivity index (χ3n) is 5.97. The van der Waals surface area contributed by atoms with E-state index in [1.54, 1.807) is 0 Å². The first-order valence-electron chi connectivity index (χ1n) is 10.8. The molecule has 1 aliphatic rings. The third-order valence-corrected chi connectivity index (χ3v) is 5.97. The molecule has 0 unspecified atom stereocenters. The van der Waals surface area contributed by atoms with Crippen molar-refractivity contribution in [3.63, 3.8) is 0 Å². The summed E-state index contributed by atoms with van der Waals surface area (Å²) in [6.07, 6.45) is 1.03. The second-order valence-corrected chi connectivity index (χ2v) is 10.7. The van der Waals surface area contributed by atoms with Gasteiger partial charge in [0.25, 0.3) is 0 Å². The van der Waals surface area contributed by atoms with E-state index < -0.39 is 0 Å². The number of aryl methyl sites for hydroxylation is 3. The maximum Gasteiger partial charge on any atom is 4.00 e. The predicted octanol–water partition coefficient (Wildman–Crippen LogP) is 1.99. The number of halogens is 2. The van der Waals surface area contributed by atoms with Crippen LogP contribution in [0, 0.1) is 26.8 Å². The van der Waals surface area contributed by atoms with Gasteiger partial charge in [0.05, 0.1) is 0 Å². The molecule has 4 rings (SSSR count). The van der Waals surface area contributed by atoms with E-state index in [0.29, 0.717) is 0 Å². The molecular formula is C29H36Cl2Zr. The molecule has 0 amide bonds. The van der Waals surface area contributed by atoms with E-state index in [0.717, 1.165) is 6.42 Å². The molecule has 0 radical (unpaired) electrons. The molecule has 3 aromatic rings. The molecule has 0 N–H and O–H groups in total. The Labute approximate surface area is 227 Å². The molecule has 0 atom stereocenters. The minimum atomic E-state index is 0. The van der Waals surface area contributed by atoms with Crippen LogP contribution in [0.2, 0.25) is 0 Å². The first-order valence-corrected chi connectivity index (χ1v) is 10.8. The average Bonchev–Trinajstić information content (AvgIpc) is 3.11. The van der Waals surface area contributed by atoms with E-state index in [9.17, 15) is 0 Å². The van der Waals surface area contributed by atoms with Gasteiger partial charge in [0.2, 0.25) is 0 Å². The maximum absolute atomic E-state index is 3.67. The molecule has 0 bridgehead atoms. The number of hydrogen-bond acceptors (Lipinski definition) is 0. The van der Waals surface area contributed by atoms with Crippen LogP contribution in [-0.4, -0.2) is 0 Å². The van der Waals surface area contributed by atoms with Crippen molar-refractivity contribution in [1.82, 2.24) is 0 Å². The molecular weight excluding hydrogens is 510 g/mol. The third kappa shape index (κ3) is 7.12. The van der Waals surface area contributed by atoms with Crippen LogP contribution in [0.25, 0.3) is 11.1 Å². The van der Waals surface area contributed by atoms with Gasteiger partial charge in [-0.15, -0.1) is 11.1 Å². The van der Waals surface area contributed by atoms with E-state index in [4.69, 9.17) is 0 Å². The van der Waals surface area contributed by atoms with Crippen LogP contribution in [0.1, 0.15) is 80.5 Å². The van der Waals surface area contributed by atoms with Crippen molar-refractivity contribution in [3.05, 3.63) is 87.5 Å². The van der Waals surface area contributed by atoms with Gasteiger partial charge in [-0.1, -0.05) is 86.1 Å². The fraction of sp³-hybridized carbons (Fsp3) is 0.414. The Bertz CT molecular complexity index is 949. The molecule has 3 aromatic carbocycles. The topological polar surface area (TPSA) is 0 Å². The van der Waals surface area contributed by atoms with Crippen LogP contribution in [0.15, 0.2) is 42.5 Å². The van der Waals surface area contributed by atoms with E-state index >= 15 is 0 Å². The van der Waals surface area contributed by atoms with Crippen LogP contribution >= 0.6 is 0 Å². The van der Waals surface area contributed by atoms with Crippen molar-refractivity contribution in [2.75, 3.05) is 0 Å². The van der Waals surface area contributed by atoms with Crippen LogP contribution in [0.4, 0.5) is 0 Å². The van der Waals surface area contributed by atoms with Gasteiger partial charge in [0.15, 0.2) is 0 Å². The fourth-order valence-electron chi connectivity index (χ4n) is 3.98. The molecule has 0 heterocycles. The Kier molecular flexibility index (Phi) is 11.3. The van der Waals surface area contributed by atoms with Crippen LogP contribution in [0.3, 0.4) is 0 Å². The quantitative estimate of drug-likeness (QED) is 0.296. The second kappa shape index (κ2) is 11.6. The Morgan fingerprint density at radius 2 is 1.38 bits per heavy atom. The zero-order valence-electron chi connectivity index (χ0n) is 21.0. The second-order valence-electron chi connectivity index (χ2n) is 10.7. The van der Waals surface area contributed by atoms with Crippen LogP contribution < -0.4 is 24.8 Å². The first-order chi connectivity index (χ1) is 13.4. The summed E-state index contributed by atoms with van der Waals surface area (Å²) >= 11 is 0. The van der Waals surface area contributed by atoms with Crippen molar-refractivity contribution in [2.45, 2.75) is 79.6 Å². The summed E-state index contributed by atoms with van der Waals surface area (Å²) in [6.45, 7) is 20.0. The van der Waals surface area contributed by atoms with Crippen molar-refractivity contribution >= 4 is 0 Å². The van der Waals surface area contributed by atoms with Gasteiger partial charge in [-0.05, 0) is 28.4 Å². The molecule has 1 aliphatic carbocycles. The smallest absolute Gasteiger partial charge is 1.00 e. The molecule has 0 nitrogen and oxygen atoms in total. The monoisotopic (exact) mass is 544 g/mol. The van der Waals surface area contributed by atoms with Crippen molar-refractivity contribution < 1.29 is 51.0 Å². The molecule has 0 aromatic heterocycles. The molecule has 3 heteroatoms. The van der Waals surface area contributed by atoms with Crippen LogP contribution in [0.5, 0.6) is 0 Å². The molecule has 170 valence electrons. The largest absolute Gasteiger partial charge is 4.00 e.